The largest absolute Gasteiger partial charge is 0.481 e. The second-order valence-electron chi connectivity index (χ2n) is 5.19. The molecule has 0 bridgehead atoms. The number of carbonyl (C=O) groups is 1. The van der Waals surface area contributed by atoms with Gasteiger partial charge in [-0.15, -0.1) is 11.3 Å². The summed E-state index contributed by atoms with van der Waals surface area (Å²) in [5.74, 6) is -0.172. The number of carboxylic acids is 1. The first-order valence-electron chi connectivity index (χ1n) is 6.42. The van der Waals surface area contributed by atoms with Crippen LogP contribution in [-0.4, -0.2) is 41.1 Å². The van der Waals surface area contributed by atoms with Crippen LogP contribution in [0.5, 0.6) is 0 Å². The van der Waals surface area contributed by atoms with E-state index in [1.165, 1.54) is 5.69 Å². The number of nitrogens with zero attached hydrogens (tertiary/aromatic N) is 2. The monoisotopic (exact) mass is 268 g/mol. The highest BCUT2D eigenvalue weighted by atomic mass is 32.1. The Balaban J connectivity index is 1.99. The van der Waals surface area contributed by atoms with Gasteiger partial charge in [-0.2, -0.15) is 0 Å². The van der Waals surface area contributed by atoms with Crippen LogP contribution in [-0.2, 0) is 4.79 Å². The van der Waals surface area contributed by atoms with Crippen LogP contribution in [0.4, 0.5) is 0 Å². The van der Waals surface area contributed by atoms with Crippen LogP contribution >= 0.6 is 11.3 Å². The van der Waals surface area contributed by atoms with Gasteiger partial charge in [-0.25, -0.2) is 4.98 Å². The van der Waals surface area contributed by atoms with Gasteiger partial charge in [0.05, 0.1) is 17.1 Å². The number of rotatable bonds is 4. The second-order valence-corrected chi connectivity index (χ2v) is 6.08. The van der Waals surface area contributed by atoms with Gasteiger partial charge in [0.15, 0.2) is 0 Å². The van der Waals surface area contributed by atoms with Crippen molar-refractivity contribution < 1.29 is 9.90 Å². The Bertz CT molecular complexity index is 411. The predicted octanol–water partition coefficient (Wildman–Crippen LogP) is 2.53. The summed E-state index contributed by atoms with van der Waals surface area (Å²) in [6.45, 7) is 4.19. The Morgan fingerprint density at radius 3 is 2.89 bits per heavy atom. The summed E-state index contributed by atoms with van der Waals surface area (Å²) in [6, 6.07) is 0. The maximum absolute atomic E-state index is 10.7. The van der Waals surface area contributed by atoms with E-state index in [4.69, 9.17) is 5.11 Å². The number of aliphatic carboxylic acids is 1. The van der Waals surface area contributed by atoms with Crippen LogP contribution in [0.2, 0.25) is 0 Å². The number of aromatic nitrogens is 1. The molecule has 1 N–H and O–H groups in total. The van der Waals surface area contributed by atoms with E-state index in [9.17, 15) is 4.79 Å². The molecular weight excluding hydrogens is 248 g/mol. The van der Waals surface area contributed by atoms with Gasteiger partial charge >= 0.3 is 5.97 Å². The first-order chi connectivity index (χ1) is 8.56. The molecule has 2 heterocycles. The van der Waals surface area contributed by atoms with Crippen LogP contribution in [0.1, 0.15) is 48.7 Å². The SMILES string of the molecule is CC(CC(=O)O)c1nc(C2CCN(C)CC2)cs1. The van der Waals surface area contributed by atoms with Crippen molar-refractivity contribution in [2.45, 2.75) is 38.0 Å². The maximum atomic E-state index is 10.7. The zero-order valence-corrected chi connectivity index (χ0v) is 11.7. The van der Waals surface area contributed by atoms with E-state index in [1.54, 1.807) is 11.3 Å². The highest BCUT2D eigenvalue weighted by molar-refractivity contribution is 7.09. The fraction of sp³-hybridized carbons (Fsp3) is 0.692. The number of carboxylic acid groups (broad SMARTS) is 1. The van der Waals surface area contributed by atoms with Crippen molar-refractivity contribution in [3.8, 4) is 0 Å². The van der Waals surface area contributed by atoms with Crippen LogP contribution < -0.4 is 0 Å². The molecule has 1 aromatic rings. The predicted molar refractivity (Wildman–Crippen MR) is 72.3 cm³/mol. The summed E-state index contributed by atoms with van der Waals surface area (Å²) in [5, 5.41) is 11.9. The minimum absolute atomic E-state index is 0.0208. The van der Waals surface area contributed by atoms with E-state index in [0.29, 0.717) is 5.92 Å². The summed E-state index contributed by atoms with van der Waals surface area (Å²) < 4.78 is 0. The van der Waals surface area contributed by atoms with Crippen molar-refractivity contribution in [1.82, 2.24) is 9.88 Å². The molecule has 1 aliphatic rings. The first kappa shape index (κ1) is 13.5. The third-order valence-corrected chi connectivity index (χ3v) is 4.67. The molecule has 1 atom stereocenters. The summed E-state index contributed by atoms with van der Waals surface area (Å²) >= 11 is 1.61. The van der Waals surface area contributed by atoms with Gasteiger partial charge in [-0.1, -0.05) is 6.92 Å². The maximum Gasteiger partial charge on any atom is 0.304 e. The van der Waals surface area contributed by atoms with Crippen LogP contribution in [0.25, 0.3) is 0 Å². The number of likely N-dealkylation sites (tertiary alicyclic amines) is 1. The zero-order valence-electron chi connectivity index (χ0n) is 10.9. The van der Waals surface area contributed by atoms with E-state index < -0.39 is 5.97 Å². The minimum Gasteiger partial charge on any atom is -0.481 e. The summed E-state index contributed by atoms with van der Waals surface area (Å²) in [5.41, 5.74) is 1.17. The average Bonchev–Trinajstić information content (AvgIpc) is 2.78. The van der Waals surface area contributed by atoms with Gasteiger partial charge in [0.2, 0.25) is 0 Å². The normalized spacial score (nSPS) is 19.9. The summed E-state index contributed by atoms with van der Waals surface area (Å²) in [6.07, 6.45) is 2.49. The van der Waals surface area contributed by atoms with E-state index in [-0.39, 0.29) is 12.3 Å². The lowest BCUT2D eigenvalue weighted by molar-refractivity contribution is -0.137. The first-order valence-corrected chi connectivity index (χ1v) is 7.30. The molecule has 0 saturated carbocycles. The molecule has 1 fully saturated rings. The number of hydrogen-bond acceptors (Lipinski definition) is 4. The fourth-order valence-corrected chi connectivity index (χ4v) is 3.33. The van der Waals surface area contributed by atoms with E-state index >= 15 is 0 Å². The van der Waals surface area contributed by atoms with E-state index in [0.717, 1.165) is 30.9 Å². The molecule has 1 aromatic heterocycles. The summed E-state index contributed by atoms with van der Waals surface area (Å²) in [4.78, 5) is 17.7. The van der Waals surface area contributed by atoms with E-state index in [1.807, 2.05) is 6.92 Å². The van der Waals surface area contributed by atoms with E-state index in [2.05, 4.69) is 22.3 Å². The Morgan fingerprint density at radius 2 is 2.28 bits per heavy atom. The Morgan fingerprint density at radius 1 is 1.61 bits per heavy atom. The van der Waals surface area contributed by atoms with Gasteiger partial charge in [0.1, 0.15) is 0 Å². The fourth-order valence-electron chi connectivity index (χ4n) is 2.37. The van der Waals surface area contributed by atoms with Crippen molar-refractivity contribution in [3.63, 3.8) is 0 Å². The van der Waals surface area contributed by atoms with Gasteiger partial charge in [0.25, 0.3) is 0 Å². The van der Waals surface area contributed by atoms with Gasteiger partial charge in [-0.05, 0) is 33.0 Å². The molecule has 18 heavy (non-hydrogen) atoms. The lowest BCUT2D eigenvalue weighted by Crippen LogP contribution is -2.29. The standard InChI is InChI=1S/C13H20N2O2S/c1-9(7-12(16)17)13-14-11(8-18-13)10-3-5-15(2)6-4-10/h8-10H,3-7H2,1-2H3,(H,16,17). The van der Waals surface area contributed by atoms with Gasteiger partial charge in [0, 0.05) is 17.2 Å². The molecule has 1 unspecified atom stereocenters. The third-order valence-electron chi connectivity index (χ3n) is 3.58. The molecular formula is C13H20N2O2S. The molecule has 0 aromatic carbocycles. The molecule has 5 heteroatoms. The van der Waals surface area contributed by atoms with Crippen molar-refractivity contribution in [2.75, 3.05) is 20.1 Å². The molecule has 4 nitrogen and oxygen atoms in total. The topological polar surface area (TPSA) is 53.4 Å². The quantitative estimate of drug-likeness (QED) is 0.911. The highest BCUT2D eigenvalue weighted by Crippen LogP contribution is 2.31. The highest BCUT2D eigenvalue weighted by Gasteiger charge is 2.22. The molecule has 100 valence electrons. The Labute approximate surface area is 112 Å². The molecule has 2 rings (SSSR count). The molecule has 0 amide bonds. The van der Waals surface area contributed by atoms with Crippen LogP contribution in [0.3, 0.4) is 0 Å². The molecule has 0 aliphatic carbocycles. The van der Waals surface area contributed by atoms with Crippen LogP contribution in [0, 0.1) is 0 Å². The summed E-state index contributed by atoms with van der Waals surface area (Å²) in [7, 11) is 2.15. The van der Waals surface area contributed by atoms with Crippen molar-refractivity contribution in [2.24, 2.45) is 0 Å². The number of thiazole rings is 1. The minimum atomic E-state index is -0.751. The molecule has 0 spiro atoms. The number of hydrogen-bond donors (Lipinski definition) is 1. The zero-order chi connectivity index (χ0) is 13.1. The van der Waals surface area contributed by atoms with Crippen molar-refractivity contribution in [3.05, 3.63) is 16.1 Å². The van der Waals surface area contributed by atoms with Gasteiger partial charge in [-0.3, -0.25) is 4.79 Å². The molecule has 1 aliphatic heterocycles. The Kier molecular flexibility index (Phi) is 4.35. The molecule has 0 radical (unpaired) electrons. The Hall–Kier alpha value is -0.940. The third kappa shape index (κ3) is 3.29. The lowest BCUT2D eigenvalue weighted by Gasteiger charge is -2.27. The van der Waals surface area contributed by atoms with Crippen LogP contribution in [0.15, 0.2) is 5.38 Å². The molecule has 1 saturated heterocycles. The van der Waals surface area contributed by atoms with Gasteiger partial charge < -0.3 is 10.0 Å². The second kappa shape index (κ2) is 5.80. The van der Waals surface area contributed by atoms with Crippen molar-refractivity contribution in [1.29, 1.82) is 0 Å². The average molecular weight is 268 g/mol. The van der Waals surface area contributed by atoms with Crippen molar-refractivity contribution >= 4 is 17.3 Å². The lowest BCUT2D eigenvalue weighted by atomic mass is 9.94. The number of piperidine rings is 1. The smallest absolute Gasteiger partial charge is 0.304 e.